The quantitative estimate of drug-likeness (QED) is 0.761. The van der Waals surface area contributed by atoms with Gasteiger partial charge in [0.05, 0.1) is 6.10 Å². The van der Waals surface area contributed by atoms with E-state index >= 15 is 0 Å². The first kappa shape index (κ1) is 8.27. The zero-order valence-electron chi connectivity index (χ0n) is 7.07. The maximum absolute atomic E-state index is 9.75. The van der Waals surface area contributed by atoms with Gasteiger partial charge in [-0.1, -0.05) is 6.42 Å². The molecule has 0 radical (unpaired) electrons. The predicted octanol–water partition coefficient (Wildman–Crippen LogP) is 2.45. The van der Waals surface area contributed by atoms with Gasteiger partial charge in [-0.25, -0.2) is 0 Å². The van der Waals surface area contributed by atoms with Crippen LogP contribution >= 0.6 is 11.3 Å². The first-order valence-corrected chi connectivity index (χ1v) is 5.49. The molecule has 0 aromatic carbocycles. The number of aliphatic hydroxyl groups is 1. The molecule has 1 N–H and O–H groups in total. The second kappa shape index (κ2) is 3.58. The van der Waals surface area contributed by atoms with Crippen LogP contribution in [0.1, 0.15) is 24.8 Å². The number of rotatable bonds is 3. The van der Waals surface area contributed by atoms with E-state index in [2.05, 4.69) is 16.8 Å². The molecule has 0 amide bonds. The lowest BCUT2D eigenvalue weighted by Crippen LogP contribution is -2.28. The monoisotopic (exact) mass is 182 g/mol. The molecule has 1 aromatic heterocycles. The predicted molar refractivity (Wildman–Crippen MR) is 51.4 cm³/mol. The Kier molecular flexibility index (Phi) is 2.47. The summed E-state index contributed by atoms with van der Waals surface area (Å²) in [5.74, 6) is 0.588. The van der Waals surface area contributed by atoms with Crippen LogP contribution in [0, 0.1) is 5.92 Å². The van der Waals surface area contributed by atoms with Gasteiger partial charge >= 0.3 is 0 Å². The van der Waals surface area contributed by atoms with E-state index in [-0.39, 0.29) is 6.10 Å². The van der Waals surface area contributed by atoms with E-state index in [0.29, 0.717) is 5.92 Å². The summed E-state index contributed by atoms with van der Waals surface area (Å²) in [5, 5.41) is 13.9. The van der Waals surface area contributed by atoms with Crippen LogP contribution in [-0.2, 0) is 6.42 Å². The van der Waals surface area contributed by atoms with Crippen molar-refractivity contribution in [3.05, 3.63) is 22.4 Å². The van der Waals surface area contributed by atoms with Crippen LogP contribution in [0.25, 0.3) is 0 Å². The molecule has 1 aromatic rings. The summed E-state index contributed by atoms with van der Waals surface area (Å²) in [6.45, 7) is 0. The maximum Gasteiger partial charge on any atom is 0.0609 e. The largest absolute Gasteiger partial charge is 0.392 e. The van der Waals surface area contributed by atoms with E-state index in [1.165, 1.54) is 24.8 Å². The van der Waals surface area contributed by atoms with Gasteiger partial charge in [0, 0.05) is 0 Å². The van der Waals surface area contributed by atoms with Gasteiger partial charge in [0.25, 0.3) is 0 Å². The molecule has 0 aliphatic heterocycles. The van der Waals surface area contributed by atoms with Crippen molar-refractivity contribution in [1.82, 2.24) is 0 Å². The third kappa shape index (κ3) is 1.70. The Labute approximate surface area is 77.0 Å². The highest BCUT2D eigenvalue weighted by atomic mass is 32.1. The van der Waals surface area contributed by atoms with Crippen molar-refractivity contribution < 1.29 is 5.11 Å². The highest BCUT2D eigenvalue weighted by Gasteiger charge is 2.25. The topological polar surface area (TPSA) is 20.2 Å². The van der Waals surface area contributed by atoms with Gasteiger partial charge in [-0.2, -0.15) is 11.3 Å². The molecular weight excluding hydrogens is 168 g/mol. The Hall–Kier alpha value is -0.340. The zero-order valence-corrected chi connectivity index (χ0v) is 7.89. The third-order valence-electron chi connectivity index (χ3n) is 2.72. The van der Waals surface area contributed by atoms with Crippen LogP contribution in [0.5, 0.6) is 0 Å². The third-order valence-corrected chi connectivity index (χ3v) is 3.45. The lowest BCUT2D eigenvalue weighted by atomic mass is 9.79. The maximum atomic E-state index is 9.75. The molecule has 1 nitrogen and oxygen atoms in total. The van der Waals surface area contributed by atoms with E-state index in [4.69, 9.17) is 0 Å². The van der Waals surface area contributed by atoms with Gasteiger partial charge in [0.2, 0.25) is 0 Å². The fraction of sp³-hybridized carbons (Fsp3) is 0.600. The van der Waals surface area contributed by atoms with Crippen molar-refractivity contribution in [2.24, 2.45) is 5.92 Å². The molecule has 0 saturated heterocycles. The van der Waals surface area contributed by atoms with Crippen molar-refractivity contribution in [3.8, 4) is 0 Å². The van der Waals surface area contributed by atoms with Crippen LogP contribution in [0.15, 0.2) is 16.8 Å². The number of hydrogen-bond acceptors (Lipinski definition) is 2. The summed E-state index contributed by atoms with van der Waals surface area (Å²) in [7, 11) is 0. The summed E-state index contributed by atoms with van der Waals surface area (Å²) in [5.41, 5.74) is 1.29. The summed E-state index contributed by atoms with van der Waals surface area (Å²) in [6.07, 6.45) is 4.53. The molecule has 0 bridgehead atoms. The molecular formula is C10H14OS. The molecule has 12 heavy (non-hydrogen) atoms. The Morgan fingerprint density at radius 2 is 2.42 bits per heavy atom. The zero-order chi connectivity index (χ0) is 8.39. The first-order valence-electron chi connectivity index (χ1n) is 4.55. The van der Waals surface area contributed by atoms with Gasteiger partial charge in [0.1, 0.15) is 0 Å². The van der Waals surface area contributed by atoms with E-state index in [0.717, 1.165) is 6.42 Å². The van der Waals surface area contributed by atoms with Gasteiger partial charge < -0.3 is 5.11 Å². The van der Waals surface area contributed by atoms with Crippen LogP contribution in [-0.4, -0.2) is 11.2 Å². The van der Waals surface area contributed by atoms with Gasteiger partial charge in [-0.15, -0.1) is 0 Å². The minimum absolute atomic E-state index is 0.0895. The Balaban J connectivity index is 1.86. The van der Waals surface area contributed by atoms with Crippen LogP contribution in [0.3, 0.4) is 0 Å². The summed E-state index contributed by atoms with van der Waals surface area (Å²) in [6, 6.07) is 2.10. The normalized spacial score (nSPS) is 20.4. The fourth-order valence-electron chi connectivity index (χ4n) is 1.64. The Morgan fingerprint density at radius 3 is 2.92 bits per heavy atom. The molecule has 2 rings (SSSR count). The van der Waals surface area contributed by atoms with Crippen LogP contribution < -0.4 is 0 Å². The van der Waals surface area contributed by atoms with Crippen molar-refractivity contribution >= 4 is 11.3 Å². The standard InChI is InChI=1S/C10H14OS/c11-10(9-2-1-3-9)6-8-4-5-12-7-8/h4-5,7,9-11H,1-3,6H2. The molecule has 2 heteroatoms. The minimum atomic E-state index is -0.0895. The van der Waals surface area contributed by atoms with Crippen molar-refractivity contribution in [2.45, 2.75) is 31.8 Å². The van der Waals surface area contributed by atoms with Crippen molar-refractivity contribution in [1.29, 1.82) is 0 Å². The second-order valence-electron chi connectivity index (χ2n) is 3.59. The van der Waals surface area contributed by atoms with E-state index in [1.54, 1.807) is 11.3 Å². The molecule has 1 unspecified atom stereocenters. The van der Waals surface area contributed by atoms with Gasteiger partial charge in [0.15, 0.2) is 0 Å². The van der Waals surface area contributed by atoms with E-state index in [9.17, 15) is 5.11 Å². The Morgan fingerprint density at radius 1 is 1.58 bits per heavy atom. The number of thiophene rings is 1. The van der Waals surface area contributed by atoms with Crippen LogP contribution in [0.2, 0.25) is 0 Å². The molecule has 1 heterocycles. The number of hydrogen-bond donors (Lipinski definition) is 1. The Bertz CT molecular complexity index is 226. The fourth-order valence-corrected chi connectivity index (χ4v) is 2.32. The van der Waals surface area contributed by atoms with E-state index < -0.39 is 0 Å². The smallest absolute Gasteiger partial charge is 0.0609 e. The molecule has 1 atom stereocenters. The summed E-state index contributed by atoms with van der Waals surface area (Å²) in [4.78, 5) is 0. The molecule has 1 saturated carbocycles. The average molecular weight is 182 g/mol. The lowest BCUT2D eigenvalue weighted by molar-refractivity contribution is 0.0631. The first-order chi connectivity index (χ1) is 5.86. The molecule has 1 aliphatic rings. The highest BCUT2D eigenvalue weighted by molar-refractivity contribution is 7.07. The molecule has 1 fully saturated rings. The van der Waals surface area contributed by atoms with Gasteiger partial charge in [-0.05, 0) is 47.6 Å². The summed E-state index contributed by atoms with van der Waals surface area (Å²) < 4.78 is 0. The highest BCUT2D eigenvalue weighted by Crippen LogP contribution is 2.31. The molecule has 66 valence electrons. The summed E-state index contributed by atoms with van der Waals surface area (Å²) >= 11 is 1.71. The SMILES string of the molecule is OC(Cc1ccsc1)C1CCC1. The van der Waals surface area contributed by atoms with Crippen LogP contribution in [0.4, 0.5) is 0 Å². The minimum Gasteiger partial charge on any atom is -0.392 e. The number of aliphatic hydroxyl groups excluding tert-OH is 1. The molecule has 1 aliphatic carbocycles. The average Bonchev–Trinajstić information content (AvgIpc) is 2.34. The van der Waals surface area contributed by atoms with Gasteiger partial charge in [-0.3, -0.25) is 0 Å². The lowest BCUT2D eigenvalue weighted by Gasteiger charge is -2.30. The van der Waals surface area contributed by atoms with Crippen molar-refractivity contribution in [3.63, 3.8) is 0 Å². The van der Waals surface area contributed by atoms with Crippen molar-refractivity contribution in [2.75, 3.05) is 0 Å². The second-order valence-corrected chi connectivity index (χ2v) is 4.37. The van der Waals surface area contributed by atoms with E-state index in [1.807, 2.05) is 0 Å². The molecule has 0 spiro atoms.